The number of carbonyl (C=O) groups excluding carboxylic acids is 1. The Labute approximate surface area is 150 Å². The molecule has 1 amide bonds. The summed E-state index contributed by atoms with van der Waals surface area (Å²) in [6, 6.07) is 8.16. The SMILES string of the molecule is CCc1cccc2sc(N3CCN(C(=O)c4ccn(C)n4)CC3)nc12. The molecule has 7 heteroatoms. The van der Waals surface area contributed by atoms with E-state index in [1.165, 1.54) is 10.3 Å². The van der Waals surface area contributed by atoms with Crippen molar-refractivity contribution in [2.24, 2.45) is 7.05 Å². The molecule has 3 aromatic rings. The van der Waals surface area contributed by atoms with E-state index in [1.807, 2.05) is 11.9 Å². The third-order valence-electron chi connectivity index (χ3n) is 4.64. The van der Waals surface area contributed by atoms with Gasteiger partial charge in [-0.25, -0.2) is 4.98 Å². The fraction of sp³-hybridized carbons (Fsp3) is 0.389. The minimum Gasteiger partial charge on any atom is -0.345 e. The van der Waals surface area contributed by atoms with Gasteiger partial charge in [0.1, 0.15) is 5.69 Å². The number of fused-ring (bicyclic) bond motifs is 1. The van der Waals surface area contributed by atoms with Crippen molar-refractivity contribution in [3.63, 3.8) is 0 Å². The van der Waals surface area contributed by atoms with Gasteiger partial charge in [0, 0.05) is 39.4 Å². The number of thiazole rings is 1. The Morgan fingerprint density at radius 2 is 2.00 bits per heavy atom. The molecular formula is C18H21N5OS. The first-order chi connectivity index (χ1) is 12.2. The molecule has 1 aliphatic rings. The van der Waals surface area contributed by atoms with Gasteiger partial charge in [0.15, 0.2) is 5.13 Å². The van der Waals surface area contributed by atoms with Gasteiger partial charge in [0.25, 0.3) is 5.91 Å². The third kappa shape index (κ3) is 3.00. The number of hydrogen-bond donors (Lipinski definition) is 0. The van der Waals surface area contributed by atoms with Crippen LogP contribution in [0, 0.1) is 0 Å². The highest BCUT2D eigenvalue weighted by Gasteiger charge is 2.25. The van der Waals surface area contributed by atoms with Crippen LogP contribution in [0.15, 0.2) is 30.5 Å². The molecule has 3 heterocycles. The molecule has 1 aromatic carbocycles. The number of para-hydroxylation sites is 1. The Morgan fingerprint density at radius 1 is 1.20 bits per heavy atom. The molecule has 0 saturated carbocycles. The summed E-state index contributed by atoms with van der Waals surface area (Å²) in [4.78, 5) is 21.5. The second-order valence-corrected chi connectivity index (χ2v) is 7.28. The fourth-order valence-corrected chi connectivity index (χ4v) is 4.27. The molecule has 0 spiro atoms. The van der Waals surface area contributed by atoms with Gasteiger partial charge >= 0.3 is 0 Å². The maximum atomic E-state index is 12.5. The summed E-state index contributed by atoms with van der Waals surface area (Å²) in [5.41, 5.74) is 2.93. The van der Waals surface area contributed by atoms with Crippen molar-refractivity contribution in [1.29, 1.82) is 0 Å². The summed E-state index contributed by atoms with van der Waals surface area (Å²) in [6.45, 7) is 5.17. The number of nitrogens with zero attached hydrogens (tertiary/aromatic N) is 5. The molecule has 0 bridgehead atoms. The molecule has 25 heavy (non-hydrogen) atoms. The zero-order valence-corrected chi connectivity index (χ0v) is 15.3. The van der Waals surface area contributed by atoms with Crippen LogP contribution >= 0.6 is 11.3 Å². The molecule has 4 rings (SSSR count). The van der Waals surface area contributed by atoms with Gasteiger partial charge in [-0.05, 0) is 24.1 Å². The van der Waals surface area contributed by atoms with Crippen LogP contribution in [0.5, 0.6) is 0 Å². The van der Waals surface area contributed by atoms with Gasteiger partial charge in [0.05, 0.1) is 10.2 Å². The van der Waals surface area contributed by atoms with Crippen molar-refractivity contribution in [3.05, 3.63) is 41.7 Å². The average molecular weight is 355 g/mol. The van der Waals surface area contributed by atoms with Crippen LogP contribution in [-0.4, -0.2) is 51.8 Å². The number of aryl methyl sites for hydroxylation is 2. The highest BCUT2D eigenvalue weighted by Crippen LogP contribution is 2.31. The van der Waals surface area contributed by atoms with Crippen LogP contribution in [-0.2, 0) is 13.5 Å². The number of rotatable bonds is 3. The second kappa shape index (κ2) is 6.48. The predicted octanol–water partition coefficient (Wildman–Crippen LogP) is 2.55. The van der Waals surface area contributed by atoms with Crippen LogP contribution in [0.25, 0.3) is 10.2 Å². The molecule has 0 unspecified atom stereocenters. The summed E-state index contributed by atoms with van der Waals surface area (Å²) in [7, 11) is 1.83. The molecule has 0 aliphatic carbocycles. The molecule has 2 aromatic heterocycles. The van der Waals surface area contributed by atoms with E-state index >= 15 is 0 Å². The summed E-state index contributed by atoms with van der Waals surface area (Å²) in [5, 5.41) is 5.27. The Bertz CT molecular complexity index is 907. The molecule has 0 N–H and O–H groups in total. The topological polar surface area (TPSA) is 54.3 Å². The van der Waals surface area contributed by atoms with Crippen molar-refractivity contribution in [1.82, 2.24) is 19.7 Å². The normalized spacial score (nSPS) is 15.1. The van der Waals surface area contributed by atoms with E-state index in [9.17, 15) is 4.79 Å². The zero-order chi connectivity index (χ0) is 17.4. The van der Waals surface area contributed by atoms with Crippen molar-refractivity contribution >= 4 is 32.6 Å². The summed E-state index contributed by atoms with van der Waals surface area (Å²) in [5.74, 6) is 0.0119. The van der Waals surface area contributed by atoms with Crippen molar-refractivity contribution < 1.29 is 4.79 Å². The first kappa shape index (κ1) is 16.1. The van der Waals surface area contributed by atoms with E-state index in [0.29, 0.717) is 18.8 Å². The van der Waals surface area contributed by atoms with Gasteiger partial charge in [0.2, 0.25) is 0 Å². The zero-order valence-electron chi connectivity index (χ0n) is 14.5. The predicted molar refractivity (Wildman–Crippen MR) is 100 cm³/mol. The van der Waals surface area contributed by atoms with Crippen LogP contribution in [0.2, 0.25) is 0 Å². The van der Waals surface area contributed by atoms with E-state index in [-0.39, 0.29) is 5.91 Å². The van der Waals surface area contributed by atoms with Crippen molar-refractivity contribution in [3.8, 4) is 0 Å². The van der Waals surface area contributed by atoms with E-state index in [4.69, 9.17) is 4.98 Å². The molecule has 6 nitrogen and oxygen atoms in total. The average Bonchev–Trinajstić information content (AvgIpc) is 3.27. The molecule has 0 radical (unpaired) electrons. The molecule has 1 aliphatic heterocycles. The Balaban J connectivity index is 1.47. The monoisotopic (exact) mass is 355 g/mol. The van der Waals surface area contributed by atoms with Crippen LogP contribution < -0.4 is 4.90 Å². The lowest BCUT2D eigenvalue weighted by Crippen LogP contribution is -2.48. The number of piperazine rings is 1. The van der Waals surface area contributed by atoms with E-state index < -0.39 is 0 Å². The van der Waals surface area contributed by atoms with Gasteiger partial charge in [-0.1, -0.05) is 30.4 Å². The van der Waals surface area contributed by atoms with Gasteiger partial charge in [-0.3, -0.25) is 9.48 Å². The van der Waals surface area contributed by atoms with Gasteiger partial charge in [-0.2, -0.15) is 5.10 Å². The lowest BCUT2D eigenvalue weighted by molar-refractivity contribution is 0.0740. The van der Waals surface area contributed by atoms with Crippen LogP contribution in [0.3, 0.4) is 0 Å². The number of anilines is 1. The highest BCUT2D eigenvalue weighted by molar-refractivity contribution is 7.22. The highest BCUT2D eigenvalue weighted by atomic mass is 32.1. The molecule has 1 saturated heterocycles. The quantitative estimate of drug-likeness (QED) is 0.725. The Morgan fingerprint density at radius 3 is 2.68 bits per heavy atom. The number of carbonyl (C=O) groups is 1. The minimum atomic E-state index is 0.0119. The fourth-order valence-electron chi connectivity index (χ4n) is 3.21. The van der Waals surface area contributed by atoms with E-state index in [2.05, 4.69) is 35.1 Å². The first-order valence-electron chi connectivity index (χ1n) is 8.58. The van der Waals surface area contributed by atoms with Gasteiger partial charge < -0.3 is 9.80 Å². The number of amides is 1. The molecule has 130 valence electrons. The first-order valence-corrected chi connectivity index (χ1v) is 9.39. The largest absolute Gasteiger partial charge is 0.345 e. The number of benzene rings is 1. The molecule has 1 fully saturated rings. The van der Waals surface area contributed by atoms with Crippen molar-refractivity contribution in [2.45, 2.75) is 13.3 Å². The standard InChI is InChI=1S/C18H21N5OS/c1-3-13-5-4-6-15-16(13)19-18(25-15)23-11-9-22(10-12-23)17(24)14-7-8-21(2)20-14/h4-8H,3,9-12H2,1-2H3. The van der Waals surface area contributed by atoms with Crippen LogP contribution in [0.4, 0.5) is 5.13 Å². The third-order valence-corrected chi connectivity index (χ3v) is 5.72. The van der Waals surface area contributed by atoms with Gasteiger partial charge in [-0.15, -0.1) is 0 Å². The summed E-state index contributed by atoms with van der Waals surface area (Å²) in [6.07, 6.45) is 2.79. The number of aromatic nitrogens is 3. The number of hydrogen-bond acceptors (Lipinski definition) is 5. The van der Waals surface area contributed by atoms with Crippen molar-refractivity contribution in [2.75, 3.05) is 31.1 Å². The molecular weight excluding hydrogens is 334 g/mol. The Hall–Kier alpha value is -2.41. The lowest BCUT2D eigenvalue weighted by Gasteiger charge is -2.34. The summed E-state index contributed by atoms with van der Waals surface area (Å²) >= 11 is 1.74. The maximum Gasteiger partial charge on any atom is 0.274 e. The summed E-state index contributed by atoms with van der Waals surface area (Å²) < 4.78 is 2.90. The van der Waals surface area contributed by atoms with Crippen LogP contribution in [0.1, 0.15) is 23.0 Å². The minimum absolute atomic E-state index is 0.0119. The Kier molecular flexibility index (Phi) is 4.17. The smallest absolute Gasteiger partial charge is 0.274 e. The van der Waals surface area contributed by atoms with E-state index in [1.54, 1.807) is 28.3 Å². The van der Waals surface area contributed by atoms with E-state index in [0.717, 1.165) is 30.2 Å². The maximum absolute atomic E-state index is 12.5. The molecule has 0 atom stereocenters. The lowest BCUT2D eigenvalue weighted by atomic mass is 10.1. The second-order valence-electron chi connectivity index (χ2n) is 6.27.